The van der Waals surface area contributed by atoms with Crippen LogP contribution in [0.1, 0.15) is 36.0 Å². The number of benzene rings is 1. The van der Waals surface area contributed by atoms with Crippen molar-refractivity contribution in [1.29, 1.82) is 0 Å². The van der Waals surface area contributed by atoms with Gasteiger partial charge in [-0.15, -0.1) is 5.06 Å². The summed E-state index contributed by atoms with van der Waals surface area (Å²) >= 11 is 0. The SMILES string of the molecule is O=C(ON1CCC2(CC1)CC(O)C2)c1ccccc1. The molecule has 0 atom stereocenters. The van der Waals surface area contributed by atoms with Crippen molar-refractivity contribution in [3.05, 3.63) is 35.9 Å². The van der Waals surface area contributed by atoms with E-state index in [9.17, 15) is 9.90 Å². The Hall–Kier alpha value is -1.39. The second kappa shape index (κ2) is 4.94. The quantitative estimate of drug-likeness (QED) is 0.884. The van der Waals surface area contributed by atoms with Crippen LogP contribution in [0.2, 0.25) is 0 Å². The monoisotopic (exact) mass is 261 g/mol. The molecule has 1 heterocycles. The number of hydrogen-bond acceptors (Lipinski definition) is 4. The highest BCUT2D eigenvalue weighted by Gasteiger charge is 2.45. The average molecular weight is 261 g/mol. The summed E-state index contributed by atoms with van der Waals surface area (Å²) in [5.41, 5.74) is 0.900. The van der Waals surface area contributed by atoms with E-state index in [4.69, 9.17) is 4.84 Å². The largest absolute Gasteiger partial charge is 0.393 e. The minimum atomic E-state index is -0.287. The zero-order chi connectivity index (χ0) is 13.3. The van der Waals surface area contributed by atoms with Gasteiger partial charge in [-0.2, -0.15) is 0 Å². The molecule has 19 heavy (non-hydrogen) atoms. The lowest BCUT2D eigenvalue weighted by molar-refractivity contribution is -0.161. The predicted molar refractivity (Wildman–Crippen MR) is 70.3 cm³/mol. The van der Waals surface area contributed by atoms with Gasteiger partial charge in [0.15, 0.2) is 0 Å². The molecule has 1 aromatic rings. The van der Waals surface area contributed by atoms with Crippen LogP contribution in [0.3, 0.4) is 0 Å². The molecule has 102 valence electrons. The number of rotatable bonds is 2. The summed E-state index contributed by atoms with van der Waals surface area (Å²) in [6.07, 6.45) is 3.72. The topological polar surface area (TPSA) is 49.8 Å². The molecule has 0 radical (unpaired) electrons. The van der Waals surface area contributed by atoms with Gasteiger partial charge in [0.1, 0.15) is 0 Å². The molecule has 0 aromatic heterocycles. The number of carbonyl (C=O) groups is 1. The molecule has 1 N–H and O–H groups in total. The lowest BCUT2D eigenvalue weighted by Gasteiger charge is -2.49. The van der Waals surface area contributed by atoms with Crippen LogP contribution in [0.25, 0.3) is 0 Å². The van der Waals surface area contributed by atoms with Gasteiger partial charge in [0.25, 0.3) is 0 Å². The van der Waals surface area contributed by atoms with Crippen LogP contribution in [-0.2, 0) is 4.84 Å². The van der Waals surface area contributed by atoms with Crippen molar-refractivity contribution in [1.82, 2.24) is 5.06 Å². The van der Waals surface area contributed by atoms with Crippen LogP contribution in [0.4, 0.5) is 0 Å². The van der Waals surface area contributed by atoms with Crippen molar-refractivity contribution >= 4 is 5.97 Å². The van der Waals surface area contributed by atoms with Crippen LogP contribution >= 0.6 is 0 Å². The summed E-state index contributed by atoms with van der Waals surface area (Å²) in [7, 11) is 0. The highest BCUT2D eigenvalue weighted by atomic mass is 16.7. The summed E-state index contributed by atoms with van der Waals surface area (Å²) in [6, 6.07) is 9.06. The molecular weight excluding hydrogens is 242 g/mol. The van der Waals surface area contributed by atoms with Gasteiger partial charge < -0.3 is 9.94 Å². The minimum Gasteiger partial charge on any atom is -0.393 e. The van der Waals surface area contributed by atoms with Crippen LogP contribution in [0.5, 0.6) is 0 Å². The van der Waals surface area contributed by atoms with Gasteiger partial charge in [0.2, 0.25) is 0 Å². The molecule has 1 aliphatic carbocycles. The molecule has 3 rings (SSSR count). The van der Waals surface area contributed by atoms with Gasteiger partial charge in [-0.1, -0.05) is 18.2 Å². The maximum absolute atomic E-state index is 11.9. The van der Waals surface area contributed by atoms with E-state index in [1.807, 2.05) is 18.2 Å². The Labute approximate surface area is 112 Å². The first-order chi connectivity index (χ1) is 9.17. The Kier molecular flexibility index (Phi) is 3.29. The highest BCUT2D eigenvalue weighted by Crippen LogP contribution is 2.48. The molecule has 2 aliphatic rings. The van der Waals surface area contributed by atoms with E-state index in [2.05, 4.69) is 0 Å². The number of aliphatic hydroxyl groups is 1. The zero-order valence-electron chi connectivity index (χ0n) is 10.9. The molecule has 4 heteroatoms. The Morgan fingerprint density at radius 1 is 1.21 bits per heavy atom. The second-order valence-corrected chi connectivity index (χ2v) is 5.74. The van der Waals surface area contributed by atoms with E-state index < -0.39 is 0 Å². The van der Waals surface area contributed by atoms with Gasteiger partial charge in [-0.05, 0) is 43.2 Å². The Balaban J connectivity index is 1.51. The Morgan fingerprint density at radius 3 is 2.42 bits per heavy atom. The summed E-state index contributed by atoms with van der Waals surface area (Å²) in [6.45, 7) is 1.54. The fourth-order valence-corrected chi connectivity index (χ4v) is 3.14. The Morgan fingerprint density at radius 2 is 1.84 bits per heavy atom. The summed E-state index contributed by atoms with van der Waals surface area (Å²) < 4.78 is 0. The zero-order valence-corrected chi connectivity index (χ0v) is 10.9. The molecule has 1 aliphatic heterocycles. The van der Waals surface area contributed by atoms with E-state index in [0.29, 0.717) is 11.0 Å². The van der Waals surface area contributed by atoms with Gasteiger partial charge in [0, 0.05) is 13.1 Å². The van der Waals surface area contributed by atoms with E-state index >= 15 is 0 Å². The molecule has 0 unspecified atom stereocenters. The van der Waals surface area contributed by atoms with Crippen molar-refractivity contribution in [2.24, 2.45) is 5.41 Å². The van der Waals surface area contributed by atoms with Crippen LogP contribution in [0.15, 0.2) is 30.3 Å². The van der Waals surface area contributed by atoms with E-state index in [-0.39, 0.29) is 12.1 Å². The standard InChI is InChI=1S/C15H19NO3/c17-13-10-15(11-13)6-8-16(9-7-15)19-14(18)12-4-2-1-3-5-12/h1-5,13,17H,6-11H2. The van der Waals surface area contributed by atoms with Crippen LogP contribution in [-0.4, -0.2) is 35.3 Å². The van der Waals surface area contributed by atoms with Crippen molar-refractivity contribution in [3.8, 4) is 0 Å². The van der Waals surface area contributed by atoms with Gasteiger partial charge in [-0.3, -0.25) is 0 Å². The number of hydrogen-bond donors (Lipinski definition) is 1. The van der Waals surface area contributed by atoms with E-state index in [1.165, 1.54) is 0 Å². The van der Waals surface area contributed by atoms with Crippen LogP contribution < -0.4 is 0 Å². The van der Waals surface area contributed by atoms with Crippen molar-refractivity contribution in [2.45, 2.75) is 31.8 Å². The summed E-state index contributed by atoms with van der Waals surface area (Å²) in [5.74, 6) is -0.287. The molecule has 0 amide bonds. The molecular formula is C15H19NO3. The van der Waals surface area contributed by atoms with Crippen molar-refractivity contribution < 1.29 is 14.7 Å². The predicted octanol–water partition coefficient (Wildman–Crippen LogP) is 2.00. The molecule has 1 spiro atoms. The maximum Gasteiger partial charge on any atom is 0.357 e. The van der Waals surface area contributed by atoms with Crippen molar-refractivity contribution in [3.63, 3.8) is 0 Å². The minimum absolute atomic E-state index is 0.113. The first-order valence-electron chi connectivity index (χ1n) is 6.87. The van der Waals surface area contributed by atoms with Crippen molar-refractivity contribution in [2.75, 3.05) is 13.1 Å². The molecule has 1 aromatic carbocycles. The van der Waals surface area contributed by atoms with Gasteiger partial charge >= 0.3 is 5.97 Å². The number of aliphatic hydroxyl groups excluding tert-OH is 1. The third-order valence-electron chi connectivity index (χ3n) is 4.34. The van der Waals surface area contributed by atoms with Crippen LogP contribution in [0, 0.1) is 5.41 Å². The molecule has 2 fully saturated rings. The number of carbonyl (C=O) groups excluding carboxylic acids is 1. The molecule has 1 saturated heterocycles. The fourth-order valence-electron chi connectivity index (χ4n) is 3.14. The smallest absolute Gasteiger partial charge is 0.357 e. The third-order valence-corrected chi connectivity index (χ3v) is 4.34. The molecule has 0 bridgehead atoms. The lowest BCUT2D eigenvalue weighted by atomic mass is 9.62. The van der Waals surface area contributed by atoms with Gasteiger partial charge in [0.05, 0.1) is 11.7 Å². The average Bonchev–Trinajstić information content (AvgIpc) is 2.41. The summed E-state index contributed by atoms with van der Waals surface area (Å²) in [5, 5.41) is 11.2. The maximum atomic E-state index is 11.9. The number of hydroxylamine groups is 2. The van der Waals surface area contributed by atoms with E-state index in [0.717, 1.165) is 38.8 Å². The normalized spacial score (nSPS) is 23.0. The highest BCUT2D eigenvalue weighted by molar-refractivity contribution is 5.89. The summed E-state index contributed by atoms with van der Waals surface area (Å²) in [4.78, 5) is 17.3. The number of nitrogens with zero attached hydrogens (tertiary/aromatic N) is 1. The van der Waals surface area contributed by atoms with E-state index in [1.54, 1.807) is 17.2 Å². The van der Waals surface area contributed by atoms with Gasteiger partial charge in [-0.25, -0.2) is 4.79 Å². The fraction of sp³-hybridized carbons (Fsp3) is 0.533. The third kappa shape index (κ3) is 2.65. The number of piperidine rings is 1. The molecule has 1 saturated carbocycles. The Bertz CT molecular complexity index is 444. The first-order valence-corrected chi connectivity index (χ1v) is 6.87. The first kappa shape index (κ1) is 12.6. The second-order valence-electron chi connectivity index (χ2n) is 5.74. The lowest BCUT2D eigenvalue weighted by Crippen LogP contribution is -2.49. The molecule has 4 nitrogen and oxygen atoms in total.